The Morgan fingerprint density at radius 2 is 2.03 bits per heavy atom. The number of fused-ring (bicyclic) bond motifs is 1. The number of carbonyl (C=O) groups is 1. The van der Waals surface area contributed by atoms with E-state index in [4.69, 9.17) is 9.47 Å². The smallest absolute Gasteiger partial charge is 0.410 e. The van der Waals surface area contributed by atoms with Crippen LogP contribution in [-0.4, -0.2) is 58.0 Å². The summed E-state index contributed by atoms with van der Waals surface area (Å²) in [5, 5.41) is 13.4. The molecule has 1 amide bonds. The third-order valence-electron chi connectivity index (χ3n) is 5.56. The van der Waals surface area contributed by atoms with Gasteiger partial charge >= 0.3 is 6.09 Å². The number of nitrogens with one attached hydrogen (secondary N) is 1. The number of carbonyl (C=O) groups excluding carboxylic acids is 1. The van der Waals surface area contributed by atoms with Gasteiger partial charge in [-0.25, -0.2) is 4.79 Å². The fraction of sp³-hybridized carbons (Fsp3) is 0.440. The van der Waals surface area contributed by atoms with Crippen LogP contribution in [0.15, 0.2) is 36.5 Å². The van der Waals surface area contributed by atoms with Gasteiger partial charge in [-0.2, -0.15) is 0 Å². The minimum Gasteiger partial charge on any atom is -0.496 e. The van der Waals surface area contributed by atoms with Crippen molar-refractivity contribution in [3.63, 3.8) is 0 Å². The van der Waals surface area contributed by atoms with Crippen LogP contribution in [0.1, 0.15) is 39.2 Å². The van der Waals surface area contributed by atoms with Gasteiger partial charge in [0.25, 0.3) is 0 Å². The van der Waals surface area contributed by atoms with E-state index in [2.05, 4.69) is 20.5 Å². The van der Waals surface area contributed by atoms with E-state index in [-0.39, 0.29) is 12.1 Å². The summed E-state index contributed by atoms with van der Waals surface area (Å²) in [6, 6.07) is 9.90. The molecular formula is C25H31N5O3. The maximum atomic E-state index is 12.5. The fourth-order valence-corrected chi connectivity index (χ4v) is 4.05. The molecule has 8 heteroatoms. The van der Waals surface area contributed by atoms with Crippen molar-refractivity contribution >= 4 is 22.8 Å². The minimum atomic E-state index is -0.516. The molecular weight excluding hydrogens is 418 g/mol. The van der Waals surface area contributed by atoms with Crippen LogP contribution in [0, 0.1) is 6.92 Å². The van der Waals surface area contributed by atoms with Crippen LogP contribution in [-0.2, 0) is 4.74 Å². The highest BCUT2D eigenvalue weighted by Gasteiger charge is 2.28. The number of methoxy groups -OCH3 is 1. The predicted octanol–water partition coefficient (Wildman–Crippen LogP) is 4.82. The number of ether oxygens (including phenoxy) is 2. The molecule has 3 heterocycles. The Balaban J connectivity index is 1.61. The molecule has 1 aromatic carbocycles. The molecule has 33 heavy (non-hydrogen) atoms. The lowest BCUT2D eigenvalue weighted by molar-refractivity contribution is 0.0206. The molecule has 1 aliphatic rings. The third-order valence-corrected chi connectivity index (χ3v) is 5.56. The number of pyridine rings is 1. The van der Waals surface area contributed by atoms with E-state index in [1.807, 2.05) is 58.0 Å². The molecule has 4 rings (SSSR count). The topological polar surface area (TPSA) is 89.5 Å². The molecule has 0 aliphatic carbocycles. The molecule has 8 nitrogen and oxygen atoms in total. The first-order chi connectivity index (χ1) is 15.7. The average molecular weight is 450 g/mol. The van der Waals surface area contributed by atoms with Crippen LogP contribution in [0.3, 0.4) is 0 Å². The molecule has 1 N–H and O–H groups in total. The number of hydrogen-bond acceptors (Lipinski definition) is 7. The van der Waals surface area contributed by atoms with Crippen LogP contribution in [0.4, 0.5) is 10.6 Å². The zero-order valence-electron chi connectivity index (χ0n) is 19.9. The molecule has 0 bridgehead atoms. The summed E-state index contributed by atoms with van der Waals surface area (Å²) in [6.45, 7) is 8.89. The zero-order valence-corrected chi connectivity index (χ0v) is 19.9. The normalized spacial score (nSPS) is 16.5. The number of aromatic nitrogens is 3. The quantitative estimate of drug-likeness (QED) is 0.611. The average Bonchev–Trinajstić information content (AvgIpc) is 2.78. The van der Waals surface area contributed by atoms with Gasteiger partial charge in [0.2, 0.25) is 0 Å². The van der Waals surface area contributed by atoms with Gasteiger partial charge < -0.3 is 19.7 Å². The van der Waals surface area contributed by atoms with Gasteiger partial charge in [-0.1, -0.05) is 6.07 Å². The van der Waals surface area contributed by atoms with Gasteiger partial charge in [0, 0.05) is 36.3 Å². The number of piperidine rings is 1. The van der Waals surface area contributed by atoms with E-state index >= 15 is 0 Å². The molecule has 0 radical (unpaired) electrons. The van der Waals surface area contributed by atoms with Crippen LogP contribution < -0.4 is 10.1 Å². The van der Waals surface area contributed by atoms with E-state index in [9.17, 15) is 4.79 Å². The van der Waals surface area contributed by atoms with E-state index in [0.717, 1.165) is 40.6 Å². The monoisotopic (exact) mass is 449 g/mol. The first-order valence-electron chi connectivity index (χ1n) is 11.3. The molecule has 1 atom stereocenters. The van der Waals surface area contributed by atoms with Crippen molar-refractivity contribution in [3.05, 3.63) is 42.1 Å². The van der Waals surface area contributed by atoms with Crippen LogP contribution in [0.5, 0.6) is 5.75 Å². The molecule has 174 valence electrons. The molecule has 1 fully saturated rings. The van der Waals surface area contributed by atoms with Crippen molar-refractivity contribution in [3.8, 4) is 17.0 Å². The molecule has 3 aromatic rings. The molecule has 1 saturated heterocycles. The van der Waals surface area contributed by atoms with Crippen LogP contribution in [0.25, 0.3) is 22.2 Å². The molecule has 1 aliphatic heterocycles. The van der Waals surface area contributed by atoms with Gasteiger partial charge in [0.05, 0.1) is 7.11 Å². The highest BCUT2D eigenvalue weighted by Crippen LogP contribution is 2.35. The summed E-state index contributed by atoms with van der Waals surface area (Å²) in [6.07, 6.45) is 3.28. The Hall–Kier alpha value is -3.42. The first-order valence-corrected chi connectivity index (χ1v) is 11.3. The van der Waals surface area contributed by atoms with Crippen molar-refractivity contribution in [1.29, 1.82) is 0 Å². The standard InChI is InChI=1S/C25H31N5O3/c1-16-10-11-18(20(14-16)32-5)22-21-19(9-6-12-26-21)23(29-28-22)27-17-8-7-13-30(15-17)24(31)33-25(2,3)4/h6,9-12,14,17H,7-8,13,15H2,1-5H3,(H,27,29)/t17-/m1/s1. The van der Waals surface area contributed by atoms with Crippen molar-refractivity contribution in [2.45, 2.75) is 52.2 Å². The summed E-state index contributed by atoms with van der Waals surface area (Å²) in [5.41, 5.74) is 2.85. The lowest BCUT2D eigenvalue weighted by Gasteiger charge is -2.34. The summed E-state index contributed by atoms with van der Waals surface area (Å²) >= 11 is 0. The first kappa shape index (κ1) is 22.8. The third kappa shape index (κ3) is 5.16. The van der Waals surface area contributed by atoms with Crippen molar-refractivity contribution in [2.24, 2.45) is 0 Å². The Morgan fingerprint density at radius 3 is 2.79 bits per heavy atom. The number of nitrogens with zero attached hydrogens (tertiary/aromatic N) is 4. The molecule has 2 aromatic heterocycles. The van der Waals surface area contributed by atoms with Crippen LogP contribution in [0.2, 0.25) is 0 Å². The van der Waals surface area contributed by atoms with Gasteiger partial charge in [0.15, 0.2) is 5.82 Å². The van der Waals surface area contributed by atoms with Gasteiger partial charge in [0.1, 0.15) is 22.6 Å². The number of rotatable bonds is 4. The largest absolute Gasteiger partial charge is 0.496 e. The number of likely N-dealkylation sites (tertiary alicyclic amines) is 1. The minimum absolute atomic E-state index is 0.0451. The Bertz CT molecular complexity index is 1160. The van der Waals surface area contributed by atoms with Crippen molar-refractivity contribution in [1.82, 2.24) is 20.1 Å². The summed E-state index contributed by atoms with van der Waals surface area (Å²) in [7, 11) is 1.65. The molecule has 0 saturated carbocycles. The highest BCUT2D eigenvalue weighted by molar-refractivity contribution is 5.98. The number of aryl methyl sites for hydroxylation is 1. The fourth-order valence-electron chi connectivity index (χ4n) is 4.05. The number of amides is 1. The number of benzene rings is 1. The Kier molecular flexibility index (Phi) is 6.35. The Morgan fingerprint density at radius 1 is 1.21 bits per heavy atom. The second-order valence-corrected chi connectivity index (χ2v) is 9.41. The maximum Gasteiger partial charge on any atom is 0.410 e. The zero-order chi connectivity index (χ0) is 23.6. The lowest BCUT2D eigenvalue weighted by atomic mass is 10.0. The summed E-state index contributed by atoms with van der Waals surface area (Å²) in [4.78, 5) is 18.9. The van der Waals surface area contributed by atoms with E-state index < -0.39 is 5.60 Å². The van der Waals surface area contributed by atoms with Crippen LogP contribution >= 0.6 is 0 Å². The summed E-state index contributed by atoms with van der Waals surface area (Å²) in [5.74, 6) is 1.39. The molecule has 0 spiro atoms. The van der Waals surface area contributed by atoms with Gasteiger partial charge in [-0.05, 0) is 70.4 Å². The second kappa shape index (κ2) is 9.21. The van der Waals surface area contributed by atoms with Crippen molar-refractivity contribution < 1.29 is 14.3 Å². The van der Waals surface area contributed by atoms with E-state index in [0.29, 0.717) is 24.6 Å². The van der Waals surface area contributed by atoms with Gasteiger partial charge in [-0.3, -0.25) is 4.98 Å². The lowest BCUT2D eigenvalue weighted by Crippen LogP contribution is -2.47. The molecule has 0 unspecified atom stereocenters. The number of hydrogen-bond donors (Lipinski definition) is 1. The van der Waals surface area contributed by atoms with Gasteiger partial charge in [-0.15, -0.1) is 10.2 Å². The predicted molar refractivity (Wildman–Crippen MR) is 129 cm³/mol. The number of anilines is 1. The maximum absolute atomic E-state index is 12.5. The second-order valence-electron chi connectivity index (χ2n) is 9.41. The highest BCUT2D eigenvalue weighted by atomic mass is 16.6. The Labute approximate surface area is 194 Å². The summed E-state index contributed by atoms with van der Waals surface area (Å²) < 4.78 is 11.1. The van der Waals surface area contributed by atoms with E-state index in [1.165, 1.54) is 0 Å². The SMILES string of the molecule is COc1cc(C)ccc1-c1nnc(N[C@@H]2CCCN(C(=O)OC(C)(C)C)C2)c2cccnc12. The van der Waals surface area contributed by atoms with E-state index in [1.54, 1.807) is 18.2 Å². The van der Waals surface area contributed by atoms with Crippen molar-refractivity contribution in [2.75, 3.05) is 25.5 Å².